The third-order valence-corrected chi connectivity index (χ3v) is 0.0833. The maximum atomic E-state index is 8.92. The molecule has 0 saturated carbocycles. The summed E-state index contributed by atoms with van der Waals surface area (Å²) in [5, 5.41) is 0. The van der Waals surface area contributed by atoms with Gasteiger partial charge in [-0.3, -0.25) is 6.29 Å². The van der Waals surface area contributed by atoms with Gasteiger partial charge in [0.25, 0.3) is 0 Å². The number of carbonyl (C=O) groups excluding carboxylic acids is 1. The van der Waals surface area contributed by atoms with E-state index in [0.717, 1.165) is 0 Å². The summed E-state index contributed by atoms with van der Waals surface area (Å²) in [4.78, 5) is 8.92. The SMILES string of the molecule is NC[C-]=O.[CH3-].[W+2]. The van der Waals surface area contributed by atoms with Crippen molar-refractivity contribution in [3.05, 3.63) is 7.43 Å². The van der Waals surface area contributed by atoms with E-state index < -0.39 is 0 Å². The van der Waals surface area contributed by atoms with Crippen LogP contribution in [0.5, 0.6) is 0 Å². The van der Waals surface area contributed by atoms with Crippen molar-refractivity contribution in [2.24, 2.45) is 5.73 Å². The topological polar surface area (TPSA) is 43.1 Å². The summed E-state index contributed by atoms with van der Waals surface area (Å²) >= 11 is 0. The summed E-state index contributed by atoms with van der Waals surface area (Å²) < 4.78 is 0. The summed E-state index contributed by atoms with van der Waals surface area (Å²) in [7, 11) is 0. The van der Waals surface area contributed by atoms with Crippen LogP contribution in [-0.4, -0.2) is 12.8 Å². The number of hydrogen-bond acceptors (Lipinski definition) is 2. The van der Waals surface area contributed by atoms with Crippen molar-refractivity contribution in [3.63, 3.8) is 0 Å². The van der Waals surface area contributed by atoms with Crippen molar-refractivity contribution >= 4 is 6.29 Å². The van der Waals surface area contributed by atoms with Gasteiger partial charge in [0, 0.05) is 0 Å². The van der Waals surface area contributed by atoms with Crippen LogP contribution in [0.2, 0.25) is 0 Å². The molecule has 0 aromatic rings. The van der Waals surface area contributed by atoms with Crippen molar-refractivity contribution in [1.29, 1.82) is 0 Å². The molecule has 0 spiro atoms. The molecule has 0 heterocycles. The fourth-order valence-corrected chi connectivity index (χ4v) is 0. The van der Waals surface area contributed by atoms with Crippen molar-refractivity contribution in [2.45, 2.75) is 0 Å². The van der Waals surface area contributed by atoms with Gasteiger partial charge in [-0.2, -0.15) is 0 Å². The Morgan fingerprint density at radius 3 is 1.83 bits per heavy atom. The zero-order valence-electron chi connectivity index (χ0n) is 3.60. The standard InChI is InChI=1S/C2H4NO.CH3.W/c3-1-2-4;;/h1,3H2;1H3;/q2*-1;+2. The summed E-state index contributed by atoms with van der Waals surface area (Å²) in [6.45, 7) is 0.0139. The van der Waals surface area contributed by atoms with Gasteiger partial charge in [0.15, 0.2) is 0 Å². The van der Waals surface area contributed by atoms with Gasteiger partial charge in [-0.05, 0) is 0 Å². The van der Waals surface area contributed by atoms with Gasteiger partial charge >= 0.3 is 21.1 Å². The second-order valence-electron chi connectivity index (χ2n) is 0.348. The Balaban J connectivity index is -0.0000000450. The minimum atomic E-state index is 0. The van der Waals surface area contributed by atoms with E-state index in [2.05, 4.69) is 5.73 Å². The van der Waals surface area contributed by atoms with Crippen LogP contribution in [0.15, 0.2) is 0 Å². The monoisotopic (exact) mass is 257 g/mol. The molecule has 0 atom stereocenters. The van der Waals surface area contributed by atoms with Crippen LogP contribution in [0, 0.1) is 7.43 Å². The van der Waals surface area contributed by atoms with Crippen LogP contribution < -0.4 is 5.73 Å². The second kappa shape index (κ2) is 18.5. The van der Waals surface area contributed by atoms with Gasteiger partial charge in [0.05, 0.1) is 0 Å². The molecule has 0 aliphatic carbocycles. The summed E-state index contributed by atoms with van der Waals surface area (Å²) in [6, 6.07) is 0. The Morgan fingerprint density at radius 2 is 1.83 bits per heavy atom. The molecule has 0 saturated heterocycles. The van der Waals surface area contributed by atoms with Crippen LogP contribution in [0.3, 0.4) is 0 Å². The van der Waals surface area contributed by atoms with Crippen molar-refractivity contribution in [1.82, 2.24) is 0 Å². The summed E-state index contributed by atoms with van der Waals surface area (Å²) in [5.41, 5.74) is 4.60. The zero-order chi connectivity index (χ0) is 3.41. The quantitative estimate of drug-likeness (QED) is 0.643. The molecule has 6 heavy (non-hydrogen) atoms. The minimum Gasteiger partial charge on any atom is -0.541 e. The summed E-state index contributed by atoms with van der Waals surface area (Å²) in [6.07, 6.45) is 1.46. The molecule has 3 heteroatoms. The molecule has 0 unspecified atom stereocenters. The Bertz CT molecular complexity index is 24.8. The fraction of sp³-hybridized carbons (Fsp3) is 0.333. The van der Waals surface area contributed by atoms with Crippen LogP contribution in [0.4, 0.5) is 0 Å². The smallest absolute Gasteiger partial charge is 0.541 e. The van der Waals surface area contributed by atoms with Gasteiger partial charge < -0.3 is 18.0 Å². The molecule has 0 bridgehead atoms. The predicted octanol–water partition coefficient (Wildman–Crippen LogP) is -0.497. The number of hydrogen-bond donors (Lipinski definition) is 1. The van der Waals surface area contributed by atoms with Crippen molar-refractivity contribution in [3.8, 4) is 0 Å². The molecule has 0 aliphatic rings. The average molecular weight is 257 g/mol. The minimum absolute atomic E-state index is 0. The summed E-state index contributed by atoms with van der Waals surface area (Å²) in [5.74, 6) is 0. The van der Waals surface area contributed by atoms with Gasteiger partial charge in [0.2, 0.25) is 0 Å². The van der Waals surface area contributed by atoms with Gasteiger partial charge in [-0.1, -0.05) is 0 Å². The van der Waals surface area contributed by atoms with E-state index in [1.54, 1.807) is 0 Å². The molecule has 2 N–H and O–H groups in total. The molecule has 0 aromatic carbocycles. The molecule has 0 amide bonds. The molecular formula is C3H7NOW. The van der Waals surface area contributed by atoms with Crippen LogP contribution in [0.1, 0.15) is 0 Å². The Morgan fingerprint density at radius 1 is 1.67 bits per heavy atom. The van der Waals surface area contributed by atoms with E-state index in [1.807, 2.05) is 0 Å². The molecule has 0 aliphatic heterocycles. The van der Waals surface area contributed by atoms with Gasteiger partial charge in [0.1, 0.15) is 0 Å². The van der Waals surface area contributed by atoms with Crippen LogP contribution in [0.25, 0.3) is 0 Å². The first kappa shape index (κ1) is 16.2. The van der Waals surface area contributed by atoms with Crippen LogP contribution in [-0.2, 0) is 25.9 Å². The van der Waals surface area contributed by atoms with E-state index in [4.69, 9.17) is 4.79 Å². The van der Waals surface area contributed by atoms with E-state index in [9.17, 15) is 0 Å². The normalized spacial score (nSPS) is 4.17. The van der Waals surface area contributed by atoms with Gasteiger partial charge in [-0.15, -0.1) is 6.54 Å². The maximum absolute atomic E-state index is 8.92. The third kappa shape index (κ3) is 27.4. The first-order valence-corrected chi connectivity index (χ1v) is 0.966. The predicted molar refractivity (Wildman–Crippen MR) is 21.2 cm³/mol. The molecule has 0 fully saturated rings. The van der Waals surface area contributed by atoms with Crippen LogP contribution >= 0.6 is 0 Å². The van der Waals surface area contributed by atoms with Crippen molar-refractivity contribution in [2.75, 3.05) is 6.54 Å². The Hall–Kier alpha value is 0.318. The van der Waals surface area contributed by atoms with E-state index >= 15 is 0 Å². The number of rotatable bonds is 1. The molecule has 0 aromatic heterocycles. The molecule has 2 nitrogen and oxygen atoms in total. The average Bonchev–Trinajstić information content (AvgIpc) is 1.37. The molecule has 36 valence electrons. The third-order valence-electron chi connectivity index (χ3n) is 0.0833. The second-order valence-corrected chi connectivity index (χ2v) is 0.348. The Labute approximate surface area is 52.4 Å². The molecule has 0 radical (unpaired) electrons. The van der Waals surface area contributed by atoms with Crippen molar-refractivity contribution < 1.29 is 25.9 Å². The fourth-order valence-electron chi connectivity index (χ4n) is 0. The number of nitrogens with two attached hydrogens (primary N) is 1. The van der Waals surface area contributed by atoms with E-state index in [1.165, 1.54) is 6.29 Å². The molecule has 0 rings (SSSR count). The molecular weight excluding hydrogens is 250 g/mol. The largest absolute Gasteiger partial charge is 2.00 e. The maximum Gasteiger partial charge on any atom is 2.00 e. The van der Waals surface area contributed by atoms with E-state index in [-0.39, 0.29) is 35.0 Å². The zero-order valence-corrected chi connectivity index (χ0v) is 6.53. The van der Waals surface area contributed by atoms with Gasteiger partial charge in [-0.25, -0.2) is 0 Å². The first-order chi connectivity index (χ1) is 1.91. The first-order valence-electron chi connectivity index (χ1n) is 0.966. The van der Waals surface area contributed by atoms with E-state index in [0.29, 0.717) is 0 Å². The Kier molecular flexibility index (Phi) is 49.9.